The number of nitrogen functional groups attached to an aromatic ring is 1. The summed E-state index contributed by atoms with van der Waals surface area (Å²) in [6.45, 7) is -0.710. The summed E-state index contributed by atoms with van der Waals surface area (Å²) in [5.41, 5.74) is 7.06. The Labute approximate surface area is 198 Å². The van der Waals surface area contributed by atoms with Crippen molar-refractivity contribution < 1.29 is 37.5 Å². The number of ether oxygens (including phenoxy) is 1. The number of aromatic hydroxyl groups is 1. The van der Waals surface area contributed by atoms with Gasteiger partial charge in [0.25, 0.3) is 5.91 Å². The number of aliphatic hydroxyl groups excluding tert-OH is 2. The number of nitrogens with two attached hydrogens (primary N) is 1. The van der Waals surface area contributed by atoms with Crippen molar-refractivity contribution in [3.05, 3.63) is 53.5 Å². The van der Waals surface area contributed by atoms with Gasteiger partial charge in [0.15, 0.2) is 11.9 Å². The van der Waals surface area contributed by atoms with E-state index >= 15 is 0 Å². The molecule has 0 unspecified atom stereocenters. The van der Waals surface area contributed by atoms with Crippen LogP contribution in [0.25, 0.3) is 17.2 Å². The third-order valence-electron chi connectivity index (χ3n) is 5.79. The molecule has 2 bridgehead atoms. The number of carbonyl (C=O) groups is 1. The molecular weight excluding hydrogens is 482 g/mol. The van der Waals surface area contributed by atoms with Crippen LogP contribution in [0, 0.1) is 0 Å². The van der Waals surface area contributed by atoms with Crippen molar-refractivity contribution in [2.24, 2.45) is 0 Å². The van der Waals surface area contributed by atoms with Crippen LogP contribution in [0.15, 0.2) is 36.5 Å². The predicted octanol–water partition coefficient (Wildman–Crippen LogP) is -0.401. The van der Waals surface area contributed by atoms with E-state index in [0.29, 0.717) is 16.8 Å². The smallest absolute Gasteiger partial charge is 0.362 e. The molecule has 5 rings (SSSR count). The highest BCUT2D eigenvalue weighted by Gasteiger charge is 2.46. The Morgan fingerprint density at radius 2 is 2.00 bits per heavy atom. The third-order valence-corrected chi connectivity index (χ3v) is 6.68. The number of amides is 1. The number of nitrogens with zero attached hydrogens (tertiary/aromatic N) is 3. The summed E-state index contributed by atoms with van der Waals surface area (Å²) in [4.78, 5) is 21.5. The van der Waals surface area contributed by atoms with Crippen molar-refractivity contribution in [3.63, 3.8) is 0 Å². The van der Waals surface area contributed by atoms with Crippen LogP contribution >= 0.6 is 0 Å². The molecule has 4 atom stereocenters. The molecule has 1 aromatic carbocycles. The molecule has 0 spiro atoms. The fourth-order valence-electron chi connectivity index (χ4n) is 4.13. The summed E-state index contributed by atoms with van der Waals surface area (Å²) >= 11 is 0. The van der Waals surface area contributed by atoms with Gasteiger partial charge in [0.1, 0.15) is 35.4 Å². The number of benzene rings is 1. The van der Waals surface area contributed by atoms with E-state index in [9.17, 15) is 28.5 Å². The topological polar surface area (TPSA) is 199 Å². The molecule has 2 aliphatic heterocycles. The molecule has 2 aliphatic rings. The van der Waals surface area contributed by atoms with Crippen molar-refractivity contribution in [3.8, 4) is 5.75 Å². The molecule has 14 heteroatoms. The summed E-state index contributed by atoms with van der Waals surface area (Å²) in [5, 5.41) is 31.5. The average Bonchev–Trinajstić information content (AvgIpc) is 3.29. The zero-order valence-electron chi connectivity index (χ0n) is 18.0. The predicted molar refractivity (Wildman–Crippen MR) is 121 cm³/mol. The minimum atomic E-state index is -4.65. The lowest BCUT2D eigenvalue weighted by Crippen LogP contribution is -2.38. The van der Waals surface area contributed by atoms with E-state index < -0.39 is 53.1 Å². The zero-order valence-corrected chi connectivity index (χ0v) is 18.8. The number of hydrogen-bond acceptors (Lipinski definition) is 11. The monoisotopic (exact) mass is 503 g/mol. The van der Waals surface area contributed by atoms with Gasteiger partial charge in [-0.05, 0) is 30.2 Å². The van der Waals surface area contributed by atoms with Crippen LogP contribution in [0.4, 0.5) is 5.69 Å². The first-order valence-corrected chi connectivity index (χ1v) is 11.9. The molecular formula is C21H21N5O8S. The highest BCUT2D eigenvalue weighted by Crippen LogP contribution is 2.35. The van der Waals surface area contributed by atoms with Gasteiger partial charge in [-0.25, -0.2) is 14.7 Å². The van der Waals surface area contributed by atoms with Gasteiger partial charge in [-0.15, -0.1) is 0 Å². The van der Waals surface area contributed by atoms with Crippen molar-refractivity contribution in [2.45, 2.75) is 31.0 Å². The molecule has 1 saturated heterocycles. The lowest BCUT2D eigenvalue weighted by molar-refractivity contribution is -0.0471. The molecule has 13 nitrogen and oxygen atoms in total. The van der Waals surface area contributed by atoms with E-state index in [-0.39, 0.29) is 23.5 Å². The number of phenolic OH excluding ortho intramolecular Hbond substituents is 1. The van der Waals surface area contributed by atoms with Gasteiger partial charge in [-0.3, -0.25) is 13.5 Å². The van der Waals surface area contributed by atoms with Gasteiger partial charge in [0.05, 0.1) is 17.9 Å². The minimum Gasteiger partial charge on any atom is -0.507 e. The molecule has 2 aromatic heterocycles. The molecule has 6 N–H and O–H groups in total. The standard InChI is InChI=1S/C21H21N5O8S/c22-11-7-8-23-19-16(11)24-14-6-2-4-10-3-1-5-12(27)15(10)20(30)25-35(31,32)33-9-13-17(28)18(29)21(34-13)26(14)19/h1-3,5-8,13,17-18,21,27-29H,4,9H2,(H2,22,23)(H,25,30)/t13-,17-,18-,21-/m1/s1. The van der Waals surface area contributed by atoms with E-state index in [1.165, 1.54) is 22.9 Å². The number of pyridine rings is 1. The molecule has 184 valence electrons. The molecule has 35 heavy (non-hydrogen) atoms. The second kappa shape index (κ2) is 8.58. The summed E-state index contributed by atoms with van der Waals surface area (Å²) < 4.78 is 38.5. The first kappa shape index (κ1) is 23.2. The summed E-state index contributed by atoms with van der Waals surface area (Å²) in [6, 6.07) is 5.87. The number of carbonyl (C=O) groups excluding carboxylic acids is 1. The number of imidazole rings is 1. The van der Waals surface area contributed by atoms with Crippen LogP contribution in [0.3, 0.4) is 0 Å². The molecule has 1 fully saturated rings. The SMILES string of the molecule is Nc1ccnc2c1nc1n2[C@@H]2O[C@H](COS(=O)(=O)NC(=O)c3c(O)cccc3CC=C1)[C@@H](O)[C@H]2O. The Morgan fingerprint density at radius 3 is 2.80 bits per heavy atom. The molecule has 4 heterocycles. The van der Waals surface area contributed by atoms with Gasteiger partial charge in [-0.1, -0.05) is 18.2 Å². The minimum absolute atomic E-state index is 0.101. The Bertz CT molecular complexity index is 1450. The van der Waals surface area contributed by atoms with E-state index in [4.69, 9.17) is 14.7 Å². The number of aromatic nitrogens is 3. The fourth-order valence-corrected chi connectivity index (χ4v) is 4.84. The quantitative estimate of drug-likeness (QED) is 0.267. The van der Waals surface area contributed by atoms with Crippen LogP contribution in [0.1, 0.15) is 28.0 Å². The van der Waals surface area contributed by atoms with E-state index in [2.05, 4.69) is 9.97 Å². The number of allylic oxidation sites excluding steroid dienone is 1. The van der Waals surface area contributed by atoms with Crippen LogP contribution in [-0.2, 0) is 25.6 Å². The Morgan fingerprint density at radius 1 is 1.20 bits per heavy atom. The second-order valence-corrected chi connectivity index (χ2v) is 9.39. The maximum Gasteiger partial charge on any atom is 0.362 e. The van der Waals surface area contributed by atoms with E-state index in [0.717, 1.165) is 0 Å². The average molecular weight is 503 g/mol. The van der Waals surface area contributed by atoms with Gasteiger partial charge < -0.3 is 25.8 Å². The number of hydrogen-bond donors (Lipinski definition) is 5. The van der Waals surface area contributed by atoms with E-state index in [1.807, 2.05) is 0 Å². The van der Waals surface area contributed by atoms with Crippen molar-refractivity contribution in [2.75, 3.05) is 12.3 Å². The number of nitrogens with one attached hydrogen (secondary N) is 1. The zero-order chi connectivity index (χ0) is 24.9. The lowest BCUT2D eigenvalue weighted by Gasteiger charge is -2.18. The molecule has 0 saturated carbocycles. The highest BCUT2D eigenvalue weighted by molar-refractivity contribution is 7.85. The van der Waals surface area contributed by atoms with Crippen molar-refractivity contribution in [1.29, 1.82) is 0 Å². The van der Waals surface area contributed by atoms with Gasteiger partial charge >= 0.3 is 10.3 Å². The van der Waals surface area contributed by atoms with Crippen LogP contribution in [0.5, 0.6) is 5.75 Å². The number of rotatable bonds is 0. The largest absolute Gasteiger partial charge is 0.507 e. The van der Waals surface area contributed by atoms with Gasteiger partial charge in [-0.2, -0.15) is 8.42 Å². The Balaban J connectivity index is 1.67. The van der Waals surface area contributed by atoms with Crippen LogP contribution in [0.2, 0.25) is 0 Å². The van der Waals surface area contributed by atoms with E-state index in [1.54, 1.807) is 29.0 Å². The highest BCUT2D eigenvalue weighted by atomic mass is 32.2. The fraction of sp³-hybridized carbons (Fsp3) is 0.286. The number of anilines is 1. The van der Waals surface area contributed by atoms with Crippen LogP contribution < -0.4 is 10.5 Å². The third kappa shape index (κ3) is 4.11. The maximum atomic E-state index is 12.7. The van der Waals surface area contributed by atoms with Gasteiger partial charge in [0, 0.05) is 6.20 Å². The summed E-state index contributed by atoms with van der Waals surface area (Å²) in [7, 11) is -4.65. The number of aliphatic hydroxyl groups is 2. The lowest BCUT2D eigenvalue weighted by atomic mass is 10.0. The maximum absolute atomic E-state index is 12.7. The van der Waals surface area contributed by atoms with Crippen molar-refractivity contribution >= 4 is 39.1 Å². The number of fused-ring (bicyclic) bond motifs is 7. The Hall–Kier alpha value is -3.56. The second-order valence-electron chi connectivity index (χ2n) is 8.05. The summed E-state index contributed by atoms with van der Waals surface area (Å²) in [6.07, 6.45) is -0.733. The normalized spacial score (nSPS) is 26.4. The van der Waals surface area contributed by atoms with Crippen molar-refractivity contribution in [1.82, 2.24) is 19.3 Å². The first-order chi connectivity index (χ1) is 16.7. The molecule has 3 aromatic rings. The van der Waals surface area contributed by atoms with Crippen LogP contribution in [-0.4, -0.2) is 69.1 Å². The summed E-state index contributed by atoms with van der Waals surface area (Å²) in [5.74, 6) is -1.24. The molecule has 1 amide bonds. The van der Waals surface area contributed by atoms with Gasteiger partial charge in [0.2, 0.25) is 0 Å². The molecule has 0 aliphatic carbocycles. The first-order valence-electron chi connectivity index (χ1n) is 10.5. The number of phenols is 1. The Kier molecular flexibility index (Phi) is 5.69. The molecule has 0 radical (unpaired) electrons.